The van der Waals surface area contributed by atoms with Gasteiger partial charge < -0.3 is 10.3 Å². The second-order valence-electron chi connectivity index (χ2n) is 5.60. The standard InChI is InChI=1S/C15H18FN3OS/c16-11-4-3-5-12(8-11)21-10-13-18-14(20-19-13)9-15(17)6-1-2-7-15/h3-5,8H,1-2,6-7,9-10,17H2. The number of thioether (sulfide) groups is 1. The third-order valence-corrected chi connectivity index (χ3v) is 4.77. The molecule has 2 aromatic rings. The Hall–Kier alpha value is -1.40. The fraction of sp³-hybridized carbons (Fsp3) is 0.467. The highest BCUT2D eigenvalue weighted by molar-refractivity contribution is 7.98. The molecule has 1 saturated carbocycles. The van der Waals surface area contributed by atoms with E-state index in [4.69, 9.17) is 10.3 Å². The van der Waals surface area contributed by atoms with Gasteiger partial charge in [0, 0.05) is 16.9 Å². The summed E-state index contributed by atoms with van der Waals surface area (Å²) < 4.78 is 18.4. The van der Waals surface area contributed by atoms with Crippen molar-refractivity contribution in [3.8, 4) is 0 Å². The Bertz CT molecular complexity index is 610. The maximum Gasteiger partial charge on any atom is 0.228 e. The van der Waals surface area contributed by atoms with Crippen molar-refractivity contribution in [3.63, 3.8) is 0 Å². The summed E-state index contributed by atoms with van der Waals surface area (Å²) in [6.07, 6.45) is 5.02. The van der Waals surface area contributed by atoms with Crippen LogP contribution < -0.4 is 5.73 Å². The molecule has 1 heterocycles. The molecule has 112 valence electrons. The summed E-state index contributed by atoms with van der Waals surface area (Å²) in [6, 6.07) is 6.48. The molecular weight excluding hydrogens is 289 g/mol. The molecule has 0 saturated heterocycles. The van der Waals surface area contributed by atoms with Gasteiger partial charge in [-0.05, 0) is 31.0 Å². The molecule has 21 heavy (non-hydrogen) atoms. The van der Waals surface area contributed by atoms with Crippen LogP contribution in [0.1, 0.15) is 37.4 Å². The van der Waals surface area contributed by atoms with Gasteiger partial charge in [0.1, 0.15) is 5.82 Å². The number of halogens is 1. The molecule has 2 N–H and O–H groups in total. The van der Waals surface area contributed by atoms with Gasteiger partial charge in [-0.2, -0.15) is 4.98 Å². The molecule has 1 fully saturated rings. The van der Waals surface area contributed by atoms with E-state index in [9.17, 15) is 4.39 Å². The molecule has 1 aromatic heterocycles. The first-order valence-corrected chi connectivity index (χ1v) is 8.10. The first-order chi connectivity index (χ1) is 10.1. The second kappa shape index (κ2) is 6.15. The van der Waals surface area contributed by atoms with Gasteiger partial charge in [0.05, 0.1) is 5.75 Å². The Morgan fingerprint density at radius 3 is 2.90 bits per heavy atom. The van der Waals surface area contributed by atoms with E-state index in [1.165, 1.54) is 36.7 Å². The molecule has 0 spiro atoms. The van der Waals surface area contributed by atoms with E-state index in [-0.39, 0.29) is 11.4 Å². The number of hydrogen-bond acceptors (Lipinski definition) is 5. The predicted octanol–water partition coefficient (Wildman–Crippen LogP) is 3.32. The fourth-order valence-corrected chi connectivity index (χ4v) is 3.47. The first-order valence-electron chi connectivity index (χ1n) is 7.12. The lowest BCUT2D eigenvalue weighted by Crippen LogP contribution is -2.38. The number of rotatable bonds is 5. The molecular formula is C15H18FN3OS. The number of nitrogens with zero attached hydrogens (tertiary/aromatic N) is 2. The van der Waals surface area contributed by atoms with Crippen LogP contribution in [0.25, 0.3) is 0 Å². The minimum Gasteiger partial charge on any atom is -0.339 e. The zero-order valence-corrected chi connectivity index (χ0v) is 12.5. The Balaban J connectivity index is 1.57. The molecule has 1 aliphatic rings. The zero-order chi connectivity index (χ0) is 14.7. The van der Waals surface area contributed by atoms with E-state index in [0.29, 0.717) is 23.9 Å². The van der Waals surface area contributed by atoms with Crippen LogP contribution in [0.4, 0.5) is 4.39 Å². The average Bonchev–Trinajstić information content (AvgIpc) is 3.06. The molecule has 1 aromatic carbocycles. The SMILES string of the molecule is NC1(Cc2nc(CSc3cccc(F)c3)no2)CCCC1. The van der Waals surface area contributed by atoms with Crippen molar-refractivity contribution in [1.29, 1.82) is 0 Å². The number of hydrogen-bond donors (Lipinski definition) is 1. The maximum atomic E-state index is 13.1. The Morgan fingerprint density at radius 1 is 1.33 bits per heavy atom. The van der Waals surface area contributed by atoms with Crippen molar-refractivity contribution in [2.75, 3.05) is 0 Å². The van der Waals surface area contributed by atoms with Crippen molar-refractivity contribution in [2.45, 2.75) is 48.3 Å². The largest absolute Gasteiger partial charge is 0.339 e. The topological polar surface area (TPSA) is 64.9 Å². The Labute approximate surface area is 127 Å². The van der Waals surface area contributed by atoms with Gasteiger partial charge in [0.2, 0.25) is 5.89 Å². The molecule has 4 nitrogen and oxygen atoms in total. The molecule has 6 heteroatoms. The van der Waals surface area contributed by atoms with Crippen LogP contribution in [0, 0.1) is 5.82 Å². The van der Waals surface area contributed by atoms with Crippen LogP contribution in [0.5, 0.6) is 0 Å². The predicted molar refractivity (Wildman–Crippen MR) is 79.3 cm³/mol. The smallest absolute Gasteiger partial charge is 0.228 e. The molecule has 0 bridgehead atoms. The molecule has 0 radical (unpaired) electrons. The van der Waals surface area contributed by atoms with Crippen LogP contribution in [-0.4, -0.2) is 15.7 Å². The van der Waals surface area contributed by atoms with Crippen LogP contribution in [0.3, 0.4) is 0 Å². The van der Waals surface area contributed by atoms with Gasteiger partial charge >= 0.3 is 0 Å². The highest BCUT2D eigenvalue weighted by atomic mass is 32.2. The van der Waals surface area contributed by atoms with Gasteiger partial charge in [-0.1, -0.05) is 24.1 Å². The van der Waals surface area contributed by atoms with E-state index in [2.05, 4.69) is 10.1 Å². The summed E-state index contributed by atoms with van der Waals surface area (Å²) in [5.41, 5.74) is 6.13. The number of aromatic nitrogens is 2. The highest BCUT2D eigenvalue weighted by Crippen LogP contribution is 2.30. The van der Waals surface area contributed by atoms with Crippen molar-refractivity contribution in [3.05, 3.63) is 41.8 Å². The lowest BCUT2D eigenvalue weighted by Gasteiger charge is -2.20. The minimum atomic E-state index is -0.236. The minimum absolute atomic E-state index is 0.181. The molecule has 0 amide bonds. The van der Waals surface area contributed by atoms with E-state index >= 15 is 0 Å². The summed E-state index contributed by atoms with van der Waals surface area (Å²) >= 11 is 1.49. The number of nitrogens with two attached hydrogens (primary N) is 1. The number of benzene rings is 1. The van der Waals surface area contributed by atoms with E-state index in [1.807, 2.05) is 6.07 Å². The summed E-state index contributed by atoms with van der Waals surface area (Å²) in [6.45, 7) is 0. The van der Waals surface area contributed by atoms with Crippen molar-refractivity contribution >= 4 is 11.8 Å². The van der Waals surface area contributed by atoms with Crippen molar-refractivity contribution < 1.29 is 8.91 Å². The summed E-state index contributed by atoms with van der Waals surface area (Å²) in [7, 11) is 0. The third kappa shape index (κ3) is 3.83. The first kappa shape index (κ1) is 14.5. The van der Waals surface area contributed by atoms with Crippen molar-refractivity contribution in [1.82, 2.24) is 10.1 Å². The van der Waals surface area contributed by atoms with E-state index in [0.717, 1.165) is 17.7 Å². The van der Waals surface area contributed by atoms with Gasteiger partial charge in [-0.3, -0.25) is 0 Å². The third-order valence-electron chi connectivity index (χ3n) is 3.78. The zero-order valence-electron chi connectivity index (χ0n) is 11.7. The molecule has 0 atom stereocenters. The van der Waals surface area contributed by atoms with Gasteiger partial charge in [0.25, 0.3) is 0 Å². The lowest BCUT2D eigenvalue weighted by atomic mass is 9.95. The van der Waals surface area contributed by atoms with Crippen LogP contribution >= 0.6 is 11.8 Å². The molecule has 0 unspecified atom stereocenters. The van der Waals surface area contributed by atoms with Crippen LogP contribution in [-0.2, 0) is 12.2 Å². The van der Waals surface area contributed by atoms with Crippen LogP contribution in [0.15, 0.2) is 33.7 Å². The summed E-state index contributed by atoms with van der Waals surface area (Å²) in [4.78, 5) is 5.24. The summed E-state index contributed by atoms with van der Waals surface area (Å²) in [5.74, 6) is 1.56. The quantitative estimate of drug-likeness (QED) is 0.858. The molecule has 3 rings (SSSR count). The Kier molecular flexibility index (Phi) is 4.26. The second-order valence-corrected chi connectivity index (χ2v) is 6.65. The van der Waals surface area contributed by atoms with E-state index in [1.54, 1.807) is 6.07 Å². The van der Waals surface area contributed by atoms with E-state index < -0.39 is 0 Å². The highest BCUT2D eigenvalue weighted by Gasteiger charge is 2.31. The van der Waals surface area contributed by atoms with Gasteiger partial charge in [-0.25, -0.2) is 4.39 Å². The van der Waals surface area contributed by atoms with Gasteiger partial charge in [-0.15, -0.1) is 11.8 Å². The Morgan fingerprint density at radius 2 is 2.14 bits per heavy atom. The van der Waals surface area contributed by atoms with Crippen molar-refractivity contribution in [2.24, 2.45) is 5.73 Å². The fourth-order valence-electron chi connectivity index (χ4n) is 2.68. The summed E-state index contributed by atoms with van der Waals surface area (Å²) in [5, 5.41) is 3.97. The lowest BCUT2D eigenvalue weighted by molar-refractivity contribution is 0.327. The monoisotopic (exact) mass is 307 g/mol. The molecule has 1 aliphatic carbocycles. The normalized spacial score (nSPS) is 17.2. The maximum absolute atomic E-state index is 13.1. The van der Waals surface area contributed by atoms with Gasteiger partial charge in [0.15, 0.2) is 5.82 Å². The van der Waals surface area contributed by atoms with Crippen LogP contribution in [0.2, 0.25) is 0 Å². The average molecular weight is 307 g/mol. The molecule has 0 aliphatic heterocycles.